The quantitative estimate of drug-likeness (QED) is 0.351. The summed E-state index contributed by atoms with van der Waals surface area (Å²) >= 11 is 5.50. The second-order valence-corrected chi connectivity index (χ2v) is 8.41. The second-order valence-electron chi connectivity index (χ2n) is 7.94. The Bertz CT molecular complexity index is 1160. The van der Waals surface area contributed by atoms with Crippen molar-refractivity contribution in [2.24, 2.45) is 0 Å². The number of amides is 1. The highest BCUT2D eigenvalue weighted by molar-refractivity contribution is 7.80. The van der Waals surface area contributed by atoms with Crippen molar-refractivity contribution in [3.05, 3.63) is 58.9 Å². The number of nitriles is 1. The summed E-state index contributed by atoms with van der Waals surface area (Å²) < 4.78 is 54.6. The first-order valence-electron chi connectivity index (χ1n) is 9.90. The van der Waals surface area contributed by atoms with Gasteiger partial charge in [0.15, 0.2) is 0 Å². The predicted molar refractivity (Wildman–Crippen MR) is 124 cm³/mol. The Labute approximate surface area is 199 Å². The number of nitrogens with zero attached hydrogens (tertiary/aromatic N) is 3. The van der Waals surface area contributed by atoms with Crippen molar-refractivity contribution in [3.8, 4) is 6.07 Å². The Morgan fingerprint density at radius 1 is 1.18 bits per heavy atom. The van der Waals surface area contributed by atoms with Crippen molar-refractivity contribution in [1.29, 1.82) is 5.26 Å². The van der Waals surface area contributed by atoms with Crippen LogP contribution in [0.2, 0.25) is 0 Å². The SMILES string of the molecule is CNC(=O)c1ccc(N(C(=S)CN(C)c2ccc(C#N)c(C(F)(F)F)c2)C(C)(C)C=O)cc1F. The van der Waals surface area contributed by atoms with E-state index in [0.29, 0.717) is 6.29 Å². The molecule has 34 heavy (non-hydrogen) atoms. The average molecular weight is 495 g/mol. The van der Waals surface area contributed by atoms with Gasteiger partial charge in [0, 0.05) is 25.5 Å². The largest absolute Gasteiger partial charge is 0.417 e. The van der Waals surface area contributed by atoms with E-state index in [1.54, 1.807) is 13.8 Å². The molecule has 0 aliphatic heterocycles. The van der Waals surface area contributed by atoms with Crippen molar-refractivity contribution >= 4 is 40.8 Å². The second kappa shape index (κ2) is 10.2. The summed E-state index contributed by atoms with van der Waals surface area (Å²) in [6.45, 7) is 2.98. The number of likely N-dealkylation sites (N-methyl/N-ethyl adjacent to an activating group) is 1. The Morgan fingerprint density at radius 2 is 1.79 bits per heavy atom. The van der Waals surface area contributed by atoms with E-state index in [4.69, 9.17) is 17.5 Å². The monoisotopic (exact) mass is 494 g/mol. The molecule has 6 nitrogen and oxygen atoms in total. The van der Waals surface area contributed by atoms with Crippen LogP contribution in [0.25, 0.3) is 0 Å². The molecule has 1 N–H and O–H groups in total. The van der Waals surface area contributed by atoms with Crippen molar-refractivity contribution in [2.45, 2.75) is 25.6 Å². The summed E-state index contributed by atoms with van der Waals surface area (Å²) in [6, 6.07) is 8.52. The van der Waals surface area contributed by atoms with Gasteiger partial charge in [0.2, 0.25) is 0 Å². The minimum atomic E-state index is -4.72. The van der Waals surface area contributed by atoms with E-state index in [2.05, 4.69) is 5.32 Å². The molecule has 2 aromatic carbocycles. The smallest absolute Gasteiger partial charge is 0.368 e. The molecule has 180 valence electrons. The topological polar surface area (TPSA) is 76.4 Å². The third kappa shape index (κ3) is 5.69. The first-order valence-corrected chi connectivity index (χ1v) is 10.3. The Morgan fingerprint density at radius 3 is 2.29 bits per heavy atom. The summed E-state index contributed by atoms with van der Waals surface area (Å²) in [7, 11) is 2.85. The molecule has 2 aromatic rings. The van der Waals surface area contributed by atoms with Crippen molar-refractivity contribution in [3.63, 3.8) is 0 Å². The number of halogens is 4. The zero-order valence-electron chi connectivity index (χ0n) is 18.8. The third-order valence-corrected chi connectivity index (χ3v) is 5.35. The first kappa shape index (κ1) is 26.7. The van der Waals surface area contributed by atoms with Crippen LogP contribution in [-0.4, -0.2) is 43.4 Å². The van der Waals surface area contributed by atoms with Gasteiger partial charge in [0.25, 0.3) is 5.91 Å². The van der Waals surface area contributed by atoms with Gasteiger partial charge in [-0.2, -0.15) is 18.4 Å². The van der Waals surface area contributed by atoms with Gasteiger partial charge in [-0.15, -0.1) is 0 Å². The van der Waals surface area contributed by atoms with Crippen molar-refractivity contribution < 1.29 is 27.2 Å². The lowest BCUT2D eigenvalue weighted by Gasteiger charge is -2.38. The molecule has 0 saturated carbocycles. The molecule has 2 rings (SSSR count). The molecule has 0 radical (unpaired) electrons. The molecule has 0 unspecified atom stereocenters. The first-order chi connectivity index (χ1) is 15.8. The van der Waals surface area contributed by atoms with Gasteiger partial charge in [0.05, 0.1) is 34.8 Å². The number of hydrogen-bond donors (Lipinski definition) is 1. The number of carbonyl (C=O) groups is 2. The number of aldehydes is 1. The van der Waals surface area contributed by atoms with Gasteiger partial charge < -0.3 is 19.9 Å². The van der Waals surface area contributed by atoms with Crippen molar-refractivity contribution in [2.75, 3.05) is 30.4 Å². The highest BCUT2D eigenvalue weighted by Gasteiger charge is 2.35. The van der Waals surface area contributed by atoms with Crippen LogP contribution in [0.3, 0.4) is 0 Å². The van der Waals surface area contributed by atoms with E-state index < -0.39 is 34.6 Å². The van der Waals surface area contributed by atoms with Gasteiger partial charge in [0.1, 0.15) is 17.1 Å². The maximum atomic E-state index is 14.6. The minimum Gasteiger partial charge on any atom is -0.368 e. The summed E-state index contributed by atoms with van der Waals surface area (Å²) in [5.74, 6) is -1.46. The molecule has 0 aliphatic rings. The molecule has 0 heterocycles. The van der Waals surface area contributed by atoms with Gasteiger partial charge in [-0.3, -0.25) is 4.79 Å². The maximum absolute atomic E-state index is 14.6. The summed E-state index contributed by atoms with van der Waals surface area (Å²) in [5.41, 5.74) is -2.70. The number of hydrogen-bond acceptors (Lipinski definition) is 5. The van der Waals surface area contributed by atoms with Crippen LogP contribution in [0.15, 0.2) is 36.4 Å². The Hall–Kier alpha value is -3.52. The standard InChI is InChI=1S/C23H22F4N4O2S/c1-22(2,13-32)31(16-7-8-17(19(24)10-16)21(33)29-3)20(34)12-30(4)15-6-5-14(11-28)18(9-15)23(25,26)27/h5-10,13H,12H2,1-4H3,(H,29,33). The number of rotatable bonds is 7. The molecule has 1 amide bonds. The molecular weight excluding hydrogens is 472 g/mol. The van der Waals surface area contributed by atoms with E-state index in [0.717, 1.165) is 18.2 Å². The van der Waals surface area contributed by atoms with Crippen LogP contribution in [-0.2, 0) is 11.0 Å². The average Bonchev–Trinajstić information content (AvgIpc) is 2.77. The van der Waals surface area contributed by atoms with Crippen LogP contribution in [0, 0.1) is 17.1 Å². The fraction of sp³-hybridized carbons (Fsp3) is 0.304. The highest BCUT2D eigenvalue weighted by atomic mass is 32.1. The Balaban J connectivity index is 2.43. The molecule has 0 spiro atoms. The molecule has 0 aromatic heterocycles. The zero-order chi connectivity index (χ0) is 25.8. The van der Waals surface area contributed by atoms with E-state index in [-0.39, 0.29) is 28.5 Å². The van der Waals surface area contributed by atoms with Crippen LogP contribution < -0.4 is 15.1 Å². The summed E-state index contributed by atoms with van der Waals surface area (Å²) in [5, 5.41) is 11.3. The minimum absolute atomic E-state index is 0.103. The number of carbonyl (C=O) groups excluding carboxylic acids is 2. The van der Waals surface area contributed by atoms with E-state index >= 15 is 0 Å². The van der Waals surface area contributed by atoms with Crippen LogP contribution in [0.4, 0.5) is 28.9 Å². The van der Waals surface area contributed by atoms with E-state index in [1.165, 1.54) is 48.2 Å². The Kier molecular flexibility index (Phi) is 8.00. The van der Waals surface area contributed by atoms with E-state index in [9.17, 15) is 27.2 Å². The molecule has 0 saturated heterocycles. The van der Waals surface area contributed by atoms with Crippen LogP contribution in [0.5, 0.6) is 0 Å². The number of thiocarbonyl (C=S) groups is 1. The molecule has 11 heteroatoms. The lowest BCUT2D eigenvalue weighted by atomic mass is 10.0. The van der Waals surface area contributed by atoms with Gasteiger partial charge in [-0.05, 0) is 50.2 Å². The van der Waals surface area contributed by atoms with Crippen molar-refractivity contribution in [1.82, 2.24) is 5.32 Å². The van der Waals surface area contributed by atoms with Gasteiger partial charge >= 0.3 is 6.18 Å². The fourth-order valence-corrected chi connectivity index (χ4v) is 3.81. The lowest BCUT2D eigenvalue weighted by molar-refractivity contribution is -0.137. The maximum Gasteiger partial charge on any atom is 0.417 e. The van der Waals surface area contributed by atoms with Gasteiger partial charge in [-0.25, -0.2) is 4.39 Å². The van der Waals surface area contributed by atoms with Crippen LogP contribution in [0.1, 0.15) is 35.3 Å². The summed E-state index contributed by atoms with van der Waals surface area (Å²) in [4.78, 5) is 26.5. The lowest BCUT2D eigenvalue weighted by Crippen LogP contribution is -2.51. The van der Waals surface area contributed by atoms with Crippen LogP contribution >= 0.6 is 12.2 Å². The normalized spacial score (nSPS) is 11.4. The third-order valence-electron chi connectivity index (χ3n) is 5.04. The molecule has 0 aliphatic carbocycles. The highest BCUT2D eigenvalue weighted by Crippen LogP contribution is 2.34. The number of anilines is 2. The van der Waals surface area contributed by atoms with E-state index in [1.807, 2.05) is 0 Å². The number of alkyl halides is 3. The molecule has 0 fully saturated rings. The zero-order valence-corrected chi connectivity index (χ0v) is 19.6. The molecular formula is C23H22F4N4O2S. The number of nitrogens with one attached hydrogen (secondary N) is 1. The van der Waals surface area contributed by atoms with Gasteiger partial charge in [-0.1, -0.05) is 12.2 Å². The summed E-state index contributed by atoms with van der Waals surface area (Å²) in [6.07, 6.45) is -4.12. The molecule has 0 atom stereocenters. The predicted octanol–water partition coefficient (Wildman–Crippen LogP) is 4.32. The fourth-order valence-electron chi connectivity index (χ4n) is 3.28. The number of benzene rings is 2. The molecule has 0 bridgehead atoms.